The van der Waals surface area contributed by atoms with E-state index in [9.17, 15) is 4.79 Å². The second kappa shape index (κ2) is 8.66. The maximum Gasteiger partial charge on any atom is 0.132 e. The molecule has 1 atom stereocenters. The van der Waals surface area contributed by atoms with Crippen molar-refractivity contribution in [2.45, 2.75) is 70.3 Å². The zero-order chi connectivity index (χ0) is 16.8. The summed E-state index contributed by atoms with van der Waals surface area (Å²) in [6, 6.07) is 9.29. The van der Waals surface area contributed by atoms with E-state index in [1.54, 1.807) is 0 Å². The number of ketones is 1. The predicted molar refractivity (Wildman–Crippen MR) is 97.7 cm³/mol. The van der Waals surface area contributed by atoms with Crippen molar-refractivity contribution < 1.29 is 9.53 Å². The number of carbonyl (C=O) groups is 1. The molecule has 3 rings (SSSR count). The highest BCUT2D eigenvalue weighted by molar-refractivity contribution is 5.79. The van der Waals surface area contributed by atoms with Crippen molar-refractivity contribution in [1.29, 1.82) is 0 Å². The summed E-state index contributed by atoms with van der Waals surface area (Å²) in [4.78, 5) is 13.9. The maximum absolute atomic E-state index is 11.4. The van der Waals surface area contributed by atoms with Gasteiger partial charge in [-0.3, -0.25) is 4.79 Å². The third-order valence-electron chi connectivity index (χ3n) is 5.69. The minimum Gasteiger partial charge on any atom is -0.494 e. The number of carbonyl (C=O) groups excluding carboxylic acids is 1. The normalized spacial score (nSPS) is 23.4. The first-order valence-corrected chi connectivity index (χ1v) is 9.71. The van der Waals surface area contributed by atoms with Crippen LogP contribution >= 0.6 is 0 Å². The molecule has 0 amide bonds. The lowest BCUT2D eigenvalue weighted by atomic mass is 9.83. The summed E-state index contributed by atoms with van der Waals surface area (Å²) in [6.07, 6.45) is 8.68. The number of benzene rings is 1. The average Bonchev–Trinajstić information content (AvgIpc) is 2.61. The topological polar surface area (TPSA) is 29.5 Å². The zero-order valence-electron chi connectivity index (χ0n) is 15.0. The lowest BCUT2D eigenvalue weighted by Crippen LogP contribution is -2.38. The maximum atomic E-state index is 11.4. The Hall–Kier alpha value is -1.35. The number of piperidine rings is 1. The number of hydrogen-bond donors (Lipinski definition) is 0. The van der Waals surface area contributed by atoms with Crippen molar-refractivity contribution in [3.63, 3.8) is 0 Å². The van der Waals surface area contributed by atoms with Gasteiger partial charge in [0.2, 0.25) is 0 Å². The monoisotopic (exact) mass is 329 g/mol. The second-order valence-corrected chi connectivity index (χ2v) is 7.46. The standard InChI is InChI=1S/C21H31NO2/c1-17-5-2-3-14-22(17)15-4-16-24-21-12-8-19(9-13-21)18-6-10-20(23)11-7-18/h8-9,12-13,17-18H,2-7,10-11,14-16H2,1H3. The fraction of sp³-hybridized carbons (Fsp3) is 0.667. The van der Waals surface area contributed by atoms with Crippen LogP contribution in [0, 0.1) is 0 Å². The predicted octanol–water partition coefficient (Wildman–Crippen LogP) is 4.56. The molecule has 1 unspecified atom stereocenters. The highest BCUT2D eigenvalue weighted by Gasteiger charge is 2.20. The van der Waals surface area contributed by atoms with E-state index in [4.69, 9.17) is 4.74 Å². The van der Waals surface area contributed by atoms with Crippen LogP contribution in [0.25, 0.3) is 0 Å². The molecule has 1 aliphatic carbocycles. The van der Waals surface area contributed by atoms with Gasteiger partial charge in [-0.25, -0.2) is 0 Å². The van der Waals surface area contributed by atoms with Gasteiger partial charge in [-0.15, -0.1) is 0 Å². The van der Waals surface area contributed by atoms with E-state index in [0.29, 0.717) is 11.7 Å². The Bertz CT molecular complexity index is 515. The van der Waals surface area contributed by atoms with Crippen molar-refractivity contribution in [2.24, 2.45) is 0 Å². The minimum absolute atomic E-state index is 0.425. The Morgan fingerprint density at radius 3 is 2.54 bits per heavy atom. The van der Waals surface area contributed by atoms with Crippen LogP contribution in [-0.2, 0) is 4.79 Å². The quantitative estimate of drug-likeness (QED) is 0.717. The molecular weight excluding hydrogens is 298 g/mol. The molecule has 0 N–H and O–H groups in total. The van der Waals surface area contributed by atoms with Gasteiger partial charge in [0.25, 0.3) is 0 Å². The number of ether oxygens (including phenoxy) is 1. The molecule has 0 spiro atoms. The molecule has 3 nitrogen and oxygen atoms in total. The van der Waals surface area contributed by atoms with Crippen molar-refractivity contribution in [1.82, 2.24) is 4.90 Å². The first kappa shape index (κ1) is 17.5. The first-order valence-electron chi connectivity index (χ1n) is 9.71. The third-order valence-corrected chi connectivity index (χ3v) is 5.69. The van der Waals surface area contributed by atoms with E-state index in [1.807, 2.05) is 0 Å². The fourth-order valence-electron chi connectivity index (χ4n) is 4.06. The summed E-state index contributed by atoms with van der Waals surface area (Å²) in [5, 5.41) is 0. The molecule has 2 fully saturated rings. The summed E-state index contributed by atoms with van der Waals surface area (Å²) in [6.45, 7) is 5.53. The van der Waals surface area contributed by atoms with Gasteiger partial charge in [-0.05, 0) is 69.2 Å². The van der Waals surface area contributed by atoms with Gasteiger partial charge >= 0.3 is 0 Å². The molecule has 0 aromatic heterocycles. The molecule has 24 heavy (non-hydrogen) atoms. The number of likely N-dealkylation sites (tertiary alicyclic amines) is 1. The summed E-state index contributed by atoms with van der Waals surface area (Å²) in [5.74, 6) is 1.95. The first-order chi connectivity index (χ1) is 11.7. The van der Waals surface area contributed by atoms with Gasteiger partial charge in [0, 0.05) is 25.4 Å². The molecule has 1 heterocycles. The highest BCUT2D eigenvalue weighted by Crippen LogP contribution is 2.32. The largest absolute Gasteiger partial charge is 0.494 e. The molecule has 1 aromatic carbocycles. The summed E-state index contributed by atoms with van der Waals surface area (Å²) < 4.78 is 5.91. The van der Waals surface area contributed by atoms with Crippen LogP contribution in [0.1, 0.15) is 69.8 Å². The van der Waals surface area contributed by atoms with Crippen LogP contribution in [0.15, 0.2) is 24.3 Å². The van der Waals surface area contributed by atoms with Gasteiger partial charge < -0.3 is 9.64 Å². The molecule has 1 aliphatic heterocycles. The number of hydrogen-bond acceptors (Lipinski definition) is 3. The molecule has 0 bridgehead atoms. The van der Waals surface area contributed by atoms with Crippen LogP contribution in [0.3, 0.4) is 0 Å². The molecule has 132 valence electrons. The minimum atomic E-state index is 0.425. The van der Waals surface area contributed by atoms with Gasteiger partial charge in [-0.2, -0.15) is 0 Å². The Morgan fingerprint density at radius 2 is 1.83 bits per heavy atom. The van der Waals surface area contributed by atoms with Crippen molar-refractivity contribution in [3.8, 4) is 5.75 Å². The Balaban J connectivity index is 1.39. The zero-order valence-corrected chi connectivity index (χ0v) is 15.0. The summed E-state index contributed by atoms with van der Waals surface area (Å²) in [7, 11) is 0. The molecule has 1 saturated heterocycles. The lowest BCUT2D eigenvalue weighted by molar-refractivity contribution is -0.120. The summed E-state index contributed by atoms with van der Waals surface area (Å²) >= 11 is 0. The van der Waals surface area contributed by atoms with E-state index in [2.05, 4.69) is 36.1 Å². The van der Waals surface area contributed by atoms with E-state index in [1.165, 1.54) is 31.4 Å². The van der Waals surface area contributed by atoms with E-state index in [-0.39, 0.29) is 0 Å². The van der Waals surface area contributed by atoms with E-state index < -0.39 is 0 Å². The fourth-order valence-corrected chi connectivity index (χ4v) is 4.06. The van der Waals surface area contributed by atoms with Crippen LogP contribution in [0.4, 0.5) is 0 Å². The second-order valence-electron chi connectivity index (χ2n) is 7.46. The third kappa shape index (κ3) is 4.83. The highest BCUT2D eigenvalue weighted by atomic mass is 16.5. The molecular formula is C21H31NO2. The molecule has 0 radical (unpaired) electrons. The number of nitrogens with zero attached hydrogens (tertiary/aromatic N) is 1. The lowest BCUT2D eigenvalue weighted by Gasteiger charge is -2.33. The van der Waals surface area contributed by atoms with Crippen LogP contribution in [0.2, 0.25) is 0 Å². The van der Waals surface area contributed by atoms with Gasteiger partial charge in [0.05, 0.1) is 6.61 Å². The van der Waals surface area contributed by atoms with Crippen molar-refractivity contribution >= 4 is 5.78 Å². The van der Waals surface area contributed by atoms with Gasteiger partial charge in [0.15, 0.2) is 0 Å². The number of rotatable bonds is 6. The average molecular weight is 329 g/mol. The Morgan fingerprint density at radius 1 is 1.08 bits per heavy atom. The van der Waals surface area contributed by atoms with Crippen LogP contribution < -0.4 is 4.74 Å². The van der Waals surface area contributed by atoms with Crippen LogP contribution in [-0.4, -0.2) is 36.4 Å². The Kier molecular flexibility index (Phi) is 6.30. The molecule has 3 heteroatoms. The molecule has 1 aromatic rings. The molecule has 2 aliphatic rings. The smallest absolute Gasteiger partial charge is 0.132 e. The Labute approximate surface area is 146 Å². The van der Waals surface area contributed by atoms with Crippen molar-refractivity contribution in [2.75, 3.05) is 19.7 Å². The van der Waals surface area contributed by atoms with E-state index in [0.717, 1.165) is 57.0 Å². The molecule has 1 saturated carbocycles. The van der Waals surface area contributed by atoms with Gasteiger partial charge in [-0.1, -0.05) is 18.6 Å². The summed E-state index contributed by atoms with van der Waals surface area (Å²) in [5.41, 5.74) is 1.36. The van der Waals surface area contributed by atoms with Gasteiger partial charge in [0.1, 0.15) is 11.5 Å². The number of Topliss-reactive ketones (excluding diaryl/α,β-unsaturated/α-hetero) is 1. The van der Waals surface area contributed by atoms with Crippen LogP contribution in [0.5, 0.6) is 5.75 Å². The van der Waals surface area contributed by atoms with Crippen molar-refractivity contribution in [3.05, 3.63) is 29.8 Å². The van der Waals surface area contributed by atoms with E-state index >= 15 is 0 Å². The SMILES string of the molecule is CC1CCCCN1CCCOc1ccc(C2CCC(=O)CC2)cc1.